The van der Waals surface area contributed by atoms with Gasteiger partial charge in [-0.3, -0.25) is 4.98 Å². The number of fused-ring (bicyclic) bond motifs is 1. The second-order valence-corrected chi connectivity index (χ2v) is 6.69. The van der Waals surface area contributed by atoms with E-state index in [1.165, 1.54) is 12.3 Å². The van der Waals surface area contributed by atoms with Gasteiger partial charge in [-0.25, -0.2) is 13.2 Å². The third-order valence-electron chi connectivity index (χ3n) is 2.47. The maximum Gasteiger partial charge on any atom is 0.339 e. The molecule has 0 atom stereocenters. The molecule has 0 fully saturated rings. The van der Waals surface area contributed by atoms with Crippen LogP contribution in [0.3, 0.4) is 0 Å². The average molecular weight is 357 g/mol. The van der Waals surface area contributed by atoms with Crippen LogP contribution in [0.4, 0.5) is 0 Å². The molecule has 5 nitrogen and oxygen atoms in total. The number of benzene rings is 1. The molecule has 0 aliphatic carbocycles. The molecular weight excluding hydrogens is 349 g/mol. The lowest BCUT2D eigenvalue weighted by Crippen LogP contribution is -2.05. The number of hydrogen-bond acceptors (Lipinski definition) is 4. The molecule has 0 saturated heterocycles. The summed E-state index contributed by atoms with van der Waals surface area (Å²) in [6.45, 7) is 0. The number of hydrogen-bond donors (Lipinski definition) is 1. The third-order valence-corrected chi connectivity index (χ3v) is 4.11. The molecule has 1 aromatic carbocycles. The number of halogens is 3. The zero-order valence-corrected chi connectivity index (χ0v) is 13.1. The first-order chi connectivity index (χ1) is 8.71. The highest BCUT2D eigenvalue weighted by Crippen LogP contribution is 2.32. The molecule has 0 aliphatic heterocycles. The molecule has 1 N–H and O–H groups in total. The molecule has 1 aromatic heterocycles. The Morgan fingerprint density at radius 3 is 2.40 bits per heavy atom. The molecule has 0 spiro atoms. The van der Waals surface area contributed by atoms with E-state index in [9.17, 15) is 13.2 Å². The van der Waals surface area contributed by atoms with Crippen LogP contribution in [0.5, 0.6) is 0 Å². The van der Waals surface area contributed by atoms with Crippen LogP contribution in [-0.2, 0) is 9.84 Å². The fourth-order valence-electron chi connectivity index (χ4n) is 1.71. The highest BCUT2D eigenvalue weighted by molar-refractivity contribution is 7.91. The van der Waals surface area contributed by atoms with Crippen molar-refractivity contribution in [2.75, 3.05) is 6.26 Å². The Bertz CT molecular complexity index is 805. The number of carboxylic acids is 1. The van der Waals surface area contributed by atoms with Crippen LogP contribution < -0.4 is 0 Å². The standard InChI is InChI=1S/C11H7Cl2NO4S.ClH/c1-19(17,18)8-3-7(13)9(11(15)16)10-6(8)2-5(12)4-14-10;/h2-4H,1H3,(H,15,16);1H. The van der Waals surface area contributed by atoms with E-state index in [4.69, 9.17) is 28.3 Å². The van der Waals surface area contributed by atoms with E-state index in [1.807, 2.05) is 0 Å². The minimum absolute atomic E-state index is 0. The Kier molecular flexibility index (Phi) is 4.86. The third kappa shape index (κ3) is 2.98. The summed E-state index contributed by atoms with van der Waals surface area (Å²) in [5, 5.41) is 9.28. The zero-order valence-electron chi connectivity index (χ0n) is 9.92. The van der Waals surface area contributed by atoms with Crippen molar-refractivity contribution < 1.29 is 18.3 Å². The van der Waals surface area contributed by atoms with Gasteiger partial charge in [0.2, 0.25) is 0 Å². The fourth-order valence-corrected chi connectivity index (χ4v) is 3.10. The molecule has 0 unspecified atom stereocenters. The maximum absolute atomic E-state index is 11.7. The van der Waals surface area contributed by atoms with Gasteiger partial charge >= 0.3 is 5.97 Å². The second kappa shape index (κ2) is 5.73. The van der Waals surface area contributed by atoms with Crippen LogP contribution in [0.2, 0.25) is 10.0 Å². The summed E-state index contributed by atoms with van der Waals surface area (Å²) in [6.07, 6.45) is 2.23. The minimum Gasteiger partial charge on any atom is -0.478 e. The van der Waals surface area contributed by atoms with Crippen LogP contribution >= 0.6 is 35.6 Å². The predicted octanol–water partition coefficient (Wildman–Crippen LogP) is 3.07. The van der Waals surface area contributed by atoms with Gasteiger partial charge in [-0.05, 0) is 12.1 Å². The molecule has 0 amide bonds. The number of sulfone groups is 1. The summed E-state index contributed by atoms with van der Waals surface area (Å²) in [7, 11) is -3.59. The van der Waals surface area contributed by atoms with Gasteiger partial charge in [-0.2, -0.15) is 0 Å². The molecule has 0 radical (unpaired) electrons. The summed E-state index contributed by atoms with van der Waals surface area (Å²) in [5.41, 5.74) is -0.259. The molecule has 108 valence electrons. The smallest absolute Gasteiger partial charge is 0.339 e. The summed E-state index contributed by atoms with van der Waals surface area (Å²) in [4.78, 5) is 14.9. The number of carboxylic acid groups (broad SMARTS) is 1. The Balaban J connectivity index is 0.00000200. The van der Waals surface area contributed by atoms with E-state index in [1.54, 1.807) is 0 Å². The summed E-state index contributed by atoms with van der Waals surface area (Å²) < 4.78 is 23.4. The van der Waals surface area contributed by atoms with E-state index in [-0.39, 0.29) is 43.8 Å². The van der Waals surface area contributed by atoms with Crippen molar-refractivity contribution >= 4 is 62.3 Å². The summed E-state index contributed by atoms with van der Waals surface area (Å²) in [5.74, 6) is -1.29. The lowest BCUT2D eigenvalue weighted by Gasteiger charge is -2.09. The van der Waals surface area contributed by atoms with Crippen LogP contribution in [0.15, 0.2) is 23.2 Å². The highest BCUT2D eigenvalue weighted by atomic mass is 35.5. The lowest BCUT2D eigenvalue weighted by molar-refractivity contribution is 0.0699. The van der Waals surface area contributed by atoms with Crippen molar-refractivity contribution in [2.24, 2.45) is 0 Å². The molecule has 2 aromatic rings. The highest BCUT2D eigenvalue weighted by Gasteiger charge is 2.22. The van der Waals surface area contributed by atoms with E-state index in [0.29, 0.717) is 0 Å². The predicted molar refractivity (Wildman–Crippen MR) is 79.1 cm³/mol. The van der Waals surface area contributed by atoms with Crippen molar-refractivity contribution in [1.82, 2.24) is 4.98 Å². The normalized spacial score (nSPS) is 11.2. The molecular formula is C11H8Cl3NO4S. The monoisotopic (exact) mass is 355 g/mol. The Labute approximate surface area is 130 Å². The molecule has 2 rings (SSSR count). The molecule has 20 heavy (non-hydrogen) atoms. The minimum atomic E-state index is -3.59. The Morgan fingerprint density at radius 2 is 1.90 bits per heavy atom. The van der Waals surface area contributed by atoms with Gasteiger partial charge in [0.1, 0.15) is 5.56 Å². The van der Waals surface area contributed by atoms with Gasteiger partial charge in [0, 0.05) is 17.8 Å². The van der Waals surface area contributed by atoms with Gasteiger partial charge < -0.3 is 5.11 Å². The maximum atomic E-state index is 11.7. The molecule has 0 bridgehead atoms. The van der Waals surface area contributed by atoms with Crippen molar-refractivity contribution in [1.29, 1.82) is 0 Å². The second-order valence-electron chi connectivity index (χ2n) is 3.86. The number of aromatic nitrogens is 1. The van der Waals surface area contributed by atoms with Gasteiger partial charge in [-0.1, -0.05) is 23.2 Å². The number of carbonyl (C=O) groups is 1. The lowest BCUT2D eigenvalue weighted by atomic mass is 10.1. The molecule has 1 heterocycles. The van der Waals surface area contributed by atoms with Crippen LogP contribution in [0.25, 0.3) is 10.9 Å². The largest absolute Gasteiger partial charge is 0.478 e. The molecule has 0 saturated carbocycles. The van der Waals surface area contributed by atoms with Crippen LogP contribution in [0, 0.1) is 0 Å². The average Bonchev–Trinajstić information content (AvgIpc) is 2.26. The molecule has 9 heteroatoms. The Hall–Kier alpha value is -1.08. The summed E-state index contributed by atoms with van der Waals surface area (Å²) in [6, 6.07) is 2.45. The van der Waals surface area contributed by atoms with E-state index < -0.39 is 15.8 Å². The number of aromatic carboxylic acids is 1. The van der Waals surface area contributed by atoms with Gasteiger partial charge in [-0.15, -0.1) is 12.4 Å². The first-order valence-corrected chi connectivity index (χ1v) is 7.57. The first kappa shape index (κ1) is 17.0. The zero-order chi connectivity index (χ0) is 14.4. The van der Waals surface area contributed by atoms with Gasteiger partial charge in [0.15, 0.2) is 9.84 Å². The van der Waals surface area contributed by atoms with Gasteiger partial charge in [0.25, 0.3) is 0 Å². The number of nitrogens with zero attached hydrogens (tertiary/aromatic N) is 1. The summed E-state index contributed by atoms with van der Waals surface area (Å²) >= 11 is 11.6. The fraction of sp³-hybridized carbons (Fsp3) is 0.0909. The van der Waals surface area contributed by atoms with Crippen molar-refractivity contribution in [3.63, 3.8) is 0 Å². The van der Waals surface area contributed by atoms with Gasteiger partial charge in [0.05, 0.1) is 20.5 Å². The number of rotatable bonds is 2. The van der Waals surface area contributed by atoms with Crippen molar-refractivity contribution in [3.8, 4) is 0 Å². The van der Waals surface area contributed by atoms with Crippen LogP contribution in [-0.4, -0.2) is 30.7 Å². The van der Waals surface area contributed by atoms with Crippen molar-refractivity contribution in [2.45, 2.75) is 4.90 Å². The van der Waals surface area contributed by atoms with Crippen LogP contribution in [0.1, 0.15) is 10.4 Å². The quantitative estimate of drug-likeness (QED) is 0.894. The van der Waals surface area contributed by atoms with E-state index in [0.717, 1.165) is 12.3 Å². The Morgan fingerprint density at radius 1 is 1.30 bits per heavy atom. The molecule has 0 aliphatic rings. The first-order valence-electron chi connectivity index (χ1n) is 4.93. The van der Waals surface area contributed by atoms with Crippen molar-refractivity contribution in [3.05, 3.63) is 33.9 Å². The topological polar surface area (TPSA) is 84.3 Å². The van der Waals surface area contributed by atoms with E-state index >= 15 is 0 Å². The number of pyridine rings is 1. The van der Waals surface area contributed by atoms with E-state index in [2.05, 4.69) is 4.98 Å². The SMILES string of the molecule is CS(=O)(=O)c1cc(Cl)c(C(=O)O)c2ncc(Cl)cc12.Cl.